The Hall–Kier alpha value is -1.42. The SMILES string of the molecule is Fc1cccc(CNc2ccsc2)c1F. The van der Waals surface area contributed by atoms with Gasteiger partial charge in [0.15, 0.2) is 11.6 Å². The van der Waals surface area contributed by atoms with Gasteiger partial charge in [-0.25, -0.2) is 8.78 Å². The molecule has 1 heterocycles. The topological polar surface area (TPSA) is 12.0 Å². The van der Waals surface area contributed by atoms with Crippen LogP contribution in [0.4, 0.5) is 14.5 Å². The molecule has 2 rings (SSSR count). The third-order valence-corrected chi connectivity index (χ3v) is 2.72. The van der Waals surface area contributed by atoms with Gasteiger partial charge in [-0.1, -0.05) is 12.1 Å². The Labute approximate surface area is 90.4 Å². The monoisotopic (exact) mass is 225 g/mol. The quantitative estimate of drug-likeness (QED) is 0.841. The molecule has 4 heteroatoms. The lowest BCUT2D eigenvalue weighted by atomic mass is 10.2. The van der Waals surface area contributed by atoms with Gasteiger partial charge in [-0.2, -0.15) is 11.3 Å². The van der Waals surface area contributed by atoms with Crippen molar-refractivity contribution in [2.24, 2.45) is 0 Å². The second-order valence-electron chi connectivity index (χ2n) is 3.08. The largest absolute Gasteiger partial charge is 0.380 e. The Bertz CT molecular complexity index is 440. The average molecular weight is 225 g/mol. The molecule has 0 fully saturated rings. The number of halogens is 2. The van der Waals surface area contributed by atoms with Crippen molar-refractivity contribution in [2.45, 2.75) is 6.54 Å². The lowest BCUT2D eigenvalue weighted by Crippen LogP contribution is -2.02. The van der Waals surface area contributed by atoms with Crippen LogP contribution in [0.15, 0.2) is 35.0 Å². The smallest absolute Gasteiger partial charge is 0.163 e. The summed E-state index contributed by atoms with van der Waals surface area (Å²) in [4.78, 5) is 0. The highest BCUT2D eigenvalue weighted by Crippen LogP contribution is 2.16. The number of hydrogen-bond acceptors (Lipinski definition) is 2. The Morgan fingerprint density at radius 3 is 2.80 bits per heavy atom. The maximum absolute atomic E-state index is 13.2. The van der Waals surface area contributed by atoms with Gasteiger partial charge in [0.05, 0.1) is 0 Å². The van der Waals surface area contributed by atoms with Gasteiger partial charge in [0.2, 0.25) is 0 Å². The van der Waals surface area contributed by atoms with Crippen molar-refractivity contribution in [2.75, 3.05) is 5.32 Å². The summed E-state index contributed by atoms with van der Waals surface area (Å²) in [6.07, 6.45) is 0. The summed E-state index contributed by atoms with van der Waals surface area (Å²) < 4.78 is 26.1. The fourth-order valence-corrected chi connectivity index (χ4v) is 1.86. The summed E-state index contributed by atoms with van der Waals surface area (Å²) in [5, 5.41) is 6.85. The second kappa shape index (κ2) is 4.40. The molecule has 0 atom stereocenters. The summed E-state index contributed by atoms with van der Waals surface area (Å²) in [6.45, 7) is 0.292. The number of benzene rings is 1. The zero-order valence-corrected chi connectivity index (χ0v) is 8.65. The molecule has 0 radical (unpaired) electrons. The third kappa shape index (κ3) is 2.33. The molecule has 1 N–H and O–H groups in total. The van der Waals surface area contributed by atoms with E-state index in [1.807, 2.05) is 16.8 Å². The molecule has 0 amide bonds. The van der Waals surface area contributed by atoms with E-state index in [0.29, 0.717) is 12.1 Å². The number of rotatable bonds is 3. The Kier molecular flexibility index (Phi) is 2.97. The maximum atomic E-state index is 13.2. The molecule has 0 unspecified atom stereocenters. The van der Waals surface area contributed by atoms with Crippen LogP contribution in [0.1, 0.15) is 5.56 Å². The summed E-state index contributed by atoms with van der Waals surface area (Å²) in [7, 11) is 0. The average Bonchev–Trinajstić information content (AvgIpc) is 2.73. The molecule has 1 nitrogen and oxygen atoms in total. The van der Waals surface area contributed by atoms with Crippen LogP contribution in [0.2, 0.25) is 0 Å². The normalized spacial score (nSPS) is 10.3. The molecule has 0 spiro atoms. The highest BCUT2D eigenvalue weighted by molar-refractivity contribution is 7.08. The molecule has 0 saturated heterocycles. The highest BCUT2D eigenvalue weighted by Gasteiger charge is 2.06. The third-order valence-electron chi connectivity index (χ3n) is 2.04. The van der Waals surface area contributed by atoms with E-state index in [1.54, 1.807) is 17.4 Å². The molecule has 78 valence electrons. The van der Waals surface area contributed by atoms with E-state index < -0.39 is 11.6 Å². The van der Waals surface area contributed by atoms with Crippen molar-refractivity contribution < 1.29 is 8.78 Å². The van der Waals surface area contributed by atoms with Crippen LogP contribution in [0, 0.1) is 11.6 Å². The predicted octanol–water partition coefficient (Wildman–Crippen LogP) is 3.64. The first-order valence-corrected chi connectivity index (χ1v) is 5.40. The van der Waals surface area contributed by atoms with E-state index in [-0.39, 0.29) is 0 Å². The number of nitrogens with one attached hydrogen (secondary N) is 1. The standard InChI is InChI=1S/C11H9F2NS/c12-10-3-1-2-8(11(10)13)6-14-9-4-5-15-7-9/h1-5,7,14H,6H2. The number of anilines is 1. The van der Waals surface area contributed by atoms with Crippen LogP contribution in [0.3, 0.4) is 0 Å². The van der Waals surface area contributed by atoms with Gasteiger partial charge in [-0.3, -0.25) is 0 Å². The van der Waals surface area contributed by atoms with Crippen molar-refractivity contribution in [3.63, 3.8) is 0 Å². The minimum atomic E-state index is -0.806. The molecule has 0 aliphatic heterocycles. The van der Waals surface area contributed by atoms with Gasteiger partial charge in [0.25, 0.3) is 0 Å². The van der Waals surface area contributed by atoms with Crippen LogP contribution in [0.5, 0.6) is 0 Å². The number of hydrogen-bond donors (Lipinski definition) is 1. The highest BCUT2D eigenvalue weighted by atomic mass is 32.1. The lowest BCUT2D eigenvalue weighted by Gasteiger charge is -2.05. The summed E-state index contributed by atoms with van der Waals surface area (Å²) >= 11 is 1.55. The van der Waals surface area contributed by atoms with E-state index >= 15 is 0 Å². The van der Waals surface area contributed by atoms with Crippen LogP contribution >= 0.6 is 11.3 Å². The van der Waals surface area contributed by atoms with Crippen LogP contribution in [0.25, 0.3) is 0 Å². The first-order chi connectivity index (χ1) is 7.27. The van der Waals surface area contributed by atoms with E-state index in [9.17, 15) is 8.78 Å². The van der Waals surface area contributed by atoms with Gasteiger partial charge in [-0.15, -0.1) is 0 Å². The summed E-state index contributed by atoms with van der Waals surface area (Å²) in [5.74, 6) is -1.58. The van der Waals surface area contributed by atoms with Gasteiger partial charge in [-0.05, 0) is 17.5 Å². The zero-order chi connectivity index (χ0) is 10.7. The van der Waals surface area contributed by atoms with Crippen LogP contribution in [-0.4, -0.2) is 0 Å². The van der Waals surface area contributed by atoms with Gasteiger partial charge < -0.3 is 5.32 Å². The first-order valence-electron chi connectivity index (χ1n) is 4.46. The fraction of sp³-hybridized carbons (Fsp3) is 0.0909. The van der Waals surface area contributed by atoms with Gasteiger partial charge >= 0.3 is 0 Å². The van der Waals surface area contributed by atoms with Crippen molar-refractivity contribution >= 4 is 17.0 Å². The molecule has 1 aromatic carbocycles. The van der Waals surface area contributed by atoms with Gasteiger partial charge in [0.1, 0.15) is 0 Å². The van der Waals surface area contributed by atoms with Crippen molar-refractivity contribution in [3.05, 3.63) is 52.2 Å². The molecule has 15 heavy (non-hydrogen) atoms. The van der Waals surface area contributed by atoms with Crippen molar-refractivity contribution in [1.29, 1.82) is 0 Å². The molecule has 0 aliphatic rings. The molecule has 0 aliphatic carbocycles. The molecule has 0 saturated carbocycles. The predicted molar refractivity (Wildman–Crippen MR) is 58.0 cm³/mol. The van der Waals surface area contributed by atoms with E-state index in [4.69, 9.17) is 0 Å². The molecular formula is C11H9F2NS. The van der Waals surface area contributed by atoms with Crippen LogP contribution in [-0.2, 0) is 6.54 Å². The Morgan fingerprint density at radius 1 is 1.20 bits per heavy atom. The minimum absolute atomic E-state index is 0.292. The Balaban J connectivity index is 2.08. The number of thiophene rings is 1. The van der Waals surface area contributed by atoms with E-state index in [1.165, 1.54) is 6.07 Å². The maximum Gasteiger partial charge on any atom is 0.163 e. The van der Waals surface area contributed by atoms with Crippen LogP contribution < -0.4 is 5.32 Å². The zero-order valence-electron chi connectivity index (χ0n) is 7.84. The first kappa shape index (κ1) is 10.1. The lowest BCUT2D eigenvalue weighted by molar-refractivity contribution is 0.500. The fourth-order valence-electron chi connectivity index (χ4n) is 1.25. The second-order valence-corrected chi connectivity index (χ2v) is 3.86. The molecule has 2 aromatic rings. The minimum Gasteiger partial charge on any atom is -0.380 e. The molecular weight excluding hydrogens is 216 g/mol. The van der Waals surface area contributed by atoms with Crippen molar-refractivity contribution in [1.82, 2.24) is 0 Å². The van der Waals surface area contributed by atoms with E-state index in [2.05, 4.69) is 5.32 Å². The molecule has 1 aromatic heterocycles. The van der Waals surface area contributed by atoms with Crippen molar-refractivity contribution in [3.8, 4) is 0 Å². The van der Waals surface area contributed by atoms with E-state index in [0.717, 1.165) is 11.8 Å². The Morgan fingerprint density at radius 2 is 2.07 bits per heavy atom. The summed E-state index contributed by atoms with van der Waals surface area (Å²) in [6, 6.07) is 6.08. The molecule has 0 bridgehead atoms. The van der Waals surface area contributed by atoms with Gasteiger partial charge in [0, 0.05) is 23.2 Å². The summed E-state index contributed by atoms with van der Waals surface area (Å²) in [5.41, 5.74) is 1.25.